The highest BCUT2D eigenvalue weighted by molar-refractivity contribution is 8.18. The quantitative estimate of drug-likeness (QED) is 0.436. The van der Waals surface area contributed by atoms with Gasteiger partial charge in [0.25, 0.3) is 11.1 Å². The number of methoxy groups -OCH3 is 1. The van der Waals surface area contributed by atoms with E-state index in [1.807, 2.05) is 30.3 Å². The van der Waals surface area contributed by atoms with Gasteiger partial charge in [-0.1, -0.05) is 48.5 Å². The summed E-state index contributed by atoms with van der Waals surface area (Å²) < 4.78 is 24.4. The molecular weight excluding hydrogens is 429 g/mol. The van der Waals surface area contributed by atoms with Gasteiger partial charge in [-0.25, -0.2) is 4.39 Å². The van der Waals surface area contributed by atoms with Crippen molar-refractivity contribution in [2.24, 2.45) is 0 Å². The summed E-state index contributed by atoms with van der Waals surface area (Å²) >= 11 is 0.877. The number of rotatable bonds is 7. The zero-order chi connectivity index (χ0) is 22.5. The van der Waals surface area contributed by atoms with E-state index < -0.39 is 0 Å². The molecule has 0 spiro atoms. The molecule has 0 bridgehead atoms. The summed E-state index contributed by atoms with van der Waals surface area (Å²) in [4.78, 5) is 26.6. The topological polar surface area (TPSA) is 55.8 Å². The largest absolute Gasteiger partial charge is 0.493 e. The number of carbonyl (C=O) groups excluding carboxylic acids is 2. The van der Waals surface area contributed by atoms with Gasteiger partial charge in [0.05, 0.1) is 18.6 Å². The van der Waals surface area contributed by atoms with Crippen molar-refractivity contribution in [3.8, 4) is 11.5 Å². The van der Waals surface area contributed by atoms with E-state index in [0.29, 0.717) is 34.1 Å². The van der Waals surface area contributed by atoms with Gasteiger partial charge in [0.2, 0.25) is 0 Å². The van der Waals surface area contributed by atoms with Gasteiger partial charge in [-0.2, -0.15) is 0 Å². The minimum absolute atomic E-state index is 0.0951. The van der Waals surface area contributed by atoms with E-state index in [0.717, 1.165) is 22.2 Å². The maximum absolute atomic E-state index is 13.1. The zero-order valence-corrected chi connectivity index (χ0v) is 18.1. The minimum Gasteiger partial charge on any atom is -0.493 e. The molecule has 3 aromatic carbocycles. The summed E-state index contributed by atoms with van der Waals surface area (Å²) in [5.41, 5.74) is 2.42. The van der Waals surface area contributed by atoms with Gasteiger partial charge in [0.1, 0.15) is 12.4 Å². The highest BCUT2D eigenvalue weighted by Crippen LogP contribution is 2.35. The highest BCUT2D eigenvalue weighted by atomic mass is 32.2. The number of amides is 2. The average Bonchev–Trinajstić information content (AvgIpc) is 3.07. The molecule has 0 saturated carbocycles. The van der Waals surface area contributed by atoms with Crippen LogP contribution >= 0.6 is 11.8 Å². The summed E-state index contributed by atoms with van der Waals surface area (Å²) in [7, 11) is 1.55. The zero-order valence-electron chi connectivity index (χ0n) is 17.3. The number of thioether (sulfide) groups is 1. The number of benzene rings is 3. The van der Waals surface area contributed by atoms with Gasteiger partial charge in [0.15, 0.2) is 11.5 Å². The molecule has 1 saturated heterocycles. The second kappa shape index (κ2) is 9.70. The third-order valence-electron chi connectivity index (χ3n) is 4.85. The molecule has 4 rings (SSSR count). The first-order chi connectivity index (χ1) is 15.5. The van der Waals surface area contributed by atoms with Crippen LogP contribution in [-0.2, 0) is 17.9 Å². The van der Waals surface area contributed by atoms with Gasteiger partial charge >= 0.3 is 0 Å². The monoisotopic (exact) mass is 449 g/mol. The maximum Gasteiger partial charge on any atom is 0.293 e. The first-order valence-electron chi connectivity index (χ1n) is 9.88. The van der Waals surface area contributed by atoms with Crippen molar-refractivity contribution < 1.29 is 23.5 Å². The Kier molecular flexibility index (Phi) is 6.56. The molecule has 1 heterocycles. The number of hydrogen-bond donors (Lipinski definition) is 0. The Labute approximate surface area is 189 Å². The molecule has 0 atom stereocenters. The van der Waals surface area contributed by atoms with Crippen LogP contribution in [-0.4, -0.2) is 23.2 Å². The molecule has 32 heavy (non-hydrogen) atoms. The fourth-order valence-electron chi connectivity index (χ4n) is 3.19. The van der Waals surface area contributed by atoms with Crippen LogP contribution in [0.15, 0.2) is 77.7 Å². The first-order valence-corrected chi connectivity index (χ1v) is 10.7. The smallest absolute Gasteiger partial charge is 0.293 e. The lowest BCUT2D eigenvalue weighted by Crippen LogP contribution is -2.27. The van der Waals surface area contributed by atoms with Crippen molar-refractivity contribution in [2.45, 2.75) is 13.2 Å². The summed E-state index contributed by atoms with van der Waals surface area (Å²) in [5, 5.41) is -0.361. The average molecular weight is 450 g/mol. The van der Waals surface area contributed by atoms with Crippen molar-refractivity contribution in [3.05, 3.63) is 100 Å². The Morgan fingerprint density at radius 3 is 2.41 bits per heavy atom. The summed E-state index contributed by atoms with van der Waals surface area (Å²) in [6, 6.07) is 20.8. The van der Waals surface area contributed by atoms with Crippen LogP contribution in [0, 0.1) is 5.82 Å². The number of carbonyl (C=O) groups is 2. The number of nitrogens with zero attached hydrogens (tertiary/aromatic N) is 1. The molecule has 2 amide bonds. The van der Waals surface area contributed by atoms with Crippen LogP contribution in [0.1, 0.15) is 16.7 Å². The molecule has 0 radical (unpaired) electrons. The Morgan fingerprint density at radius 2 is 1.69 bits per heavy atom. The molecule has 0 N–H and O–H groups in total. The van der Waals surface area contributed by atoms with E-state index in [2.05, 4.69) is 0 Å². The van der Waals surface area contributed by atoms with Crippen molar-refractivity contribution in [3.63, 3.8) is 0 Å². The fraction of sp³-hybridized carbons (Fsp3) is 0.120. The number of halogens is 1. The molecule has 0 aromatic heterocycles. The molecule has 3 aromatic rings. The molecule has 0 aliphatic carbocycles. The van der Waals surface area contributed by atoms with Crippen molar-refractivity contribution in [2.75, 3.05) is 7.11 Å². The molecular formula is C25H20FNO4S. The lowest BCUT2D eigenvalue weighted by atomic mass is 10.1. The van der Waals surface area contributed by atoms with Gasteiger partial charge < -0.3 is 9.47 Å². The standard InChI is InChI=1S/C25H20FNO4S/c1-30-22-13-19(9-12-21(22)31-16-18-5-3-2-4-6-18)14-23-24(28)27(25(29)32-23)15-17-7-10-20(26)11-8-17/h2-14H,15-16H2,1H3. The van der Waals surface area contributed by atoms with E-state index in [1.165, 1.54) is 12.1 Å². The first kappa shape index (κ1) is 21.6. The van der Waals surface area contributed by atoms with Gasteiger partial charge in [0, 0.05) is 0 Å². The number of ether oxygens (including phenoxy) is 2. The minimum atomic E-state index is -0.382. The third kappa shape index (κ3) is 5.00. The summed E-state index contributed by atoms with van der Waals surface area (Å²) in [6.45, 7) is 0.497. The van der Waals surface area contributed by atoms with E-state index in [-0.39, 0.29) is 23.5 Å². The van der Waals surface area contributed by atoms with Gasteiger partial charge in [-0.05, 0) is 58.8 Å². The molecule has 7 heteroatoms. The highest BCUT2D eigenvalue weighted by Gasteiger charge is 2.35. The van der Waals surface area contributed by atoms with Crippen molar-refractivity contribution in [1.82, 2.24) is 4.90 Å². The maximum atomic E-state index is 13.1. The normalized spacial score (nSPS) is 14.8. The van der Waals surface area contributed by atoms with Crippen LogP contribution in [0.2, 0.25) is 0 Å². The molecule has 1 fully saturated rings. The molecule has 1 aliphatic heterocycles. The van der Waals surface area contributed by atoms with E-state index in [9.17, 15) is 14.0 Å². The number of imide groups is 1. The second-order valence-corrected chi connectivity index (χ2v) is 8.07. The predicted molar refractivity (Wildman–Crippen MR) is 122 cm³/mol. The lowest BCUT2D eigenvalue weighted by Gasteiger charge is -2.12. The fourth-order valence-corrected chi connectivity index (χ4v) is 4.03. The van der Waals surface area contributed by atoms with Crippen molar-refractivity contribution >= 4 is 29.0 Å². The van der Waals surface area contributed by atoms with Crippen LogP contribution in [0.3, 0.4) is 0 Å². The lowest BCUT2D eigenvalue weighted by molar-refractivity contribution is -0.123. The van der Waals surface area contributed by atoms with Crippen LogP contribution < -0.4 is 9.47 Å². The Balaban J connectivity index is 1.48. The van der Waals surface area contributed by atoms with E-state index in [1.54, 1.807) is 43.5 Å². The Bertz CT molecular complexity index is 1160. The van der Waals surface area contributed by atoms with Crippen LogP contribution in [0.25, 0.3) is 6.08 Å². The number of hydrogen-bond acceptors (Lipinski definition) is 5. The van der Waals surface area contributed by atoms with Gasteiger partial charge in [-0.3, -0.25) is 14.5 Å². The van der Waals surface area contributed by atoms with Gasteiger partial charge in [-0.15, -0.1) is 0 Å². The summed E-state index contributed by atoms with van der Waals surface area (Å²) in [6.07, 6.45) is 1.65. The third-order valence-corrected chi connectivity index (χ3v) is 5.76. The molecule has 5 nitrogen and oxygen atoms in total. The predicted octanol–water partition coefficient (Wildman–Crippen LogP) is 5.65. The molecule has 0 unspecified atom stereocenters. The van der Waals surface area contributed by atoms with E-state index >= 15 is 0 Å². The Morgan fingerprint density at radius 1 is 0.938 bits per heavy atom. The Hall–Kier alpha value is -3.58. The summed E-state index contributed by atoms with van der Waals surface area (Å²) in [5.74, 6) is 0.360. The second-order valence-electron chi connectivity index (χ2n) is 7.08. The molecule has 1 aliphatic rings. The van der Waals surface area contributed by atoms with Crippen molar-refractivity contribution in [1.29, 1.82) is 0 Å². The van der Waals surface area contributed by atoms with Crippen LogP contribution in [0.5, 0.6) is 11.5 Å². The SMILES string of the molecule is COc1cc(C=C2SC(=O)N(Cc3ccc(F)cc3)C2=O)ccc1OCc1ccccc1. The molecule has 162 valence electrons. The van der Waals surface area contributed by atoms with Crippen LogP contribution in [0.4, 0.5) is 9.18 Å². The van der Waals surface area contributed by atoms with E-state index in [4.69, 9.17) is 9.47 Å².